The third kappa shape index (κ3) is 3.65. The number of Topliss-reactive ketones (excluding diaryl/α,β-unsaturated/α-hetero) is 1. The molecule has 0 radical (unpaired) electrons. The molecule has 4 aromatic rings. The van der Waals surface area contributed by atoms with Gasteiger partial charge in [0.15, 0.2) is 5.13 Å². The smallest absolute Gasteiger partial charge is 0.301 e. The molecule has 33 heavy (non-hydrogen) atoms. The number of amides is 1. The number of aryl methyl sites for hydroxylation is 2. The third-order valence-corrected chi connectivity index (χ3v) is 7.14. The van der Waals surface area contributed by atoms with Gasteiger partial charge in [-0.25, -0.2) is 4.98 Å². The summed E-state index contributed by atoms with van der Waals surface area (Å²) in [6, 6.07) is 13.8. The van der Waals surface area contributed by atoms with Crippen LogP contribution in [0.4, 0.5) is 5.13 Å². The van der Waals surface area contributed by atoms with E-state index in [-0.39, 0.29) is 11.3 Å². The molecule has 1 N–H and O–H groups in total. The molecular weight excluding hydrogens is 502 g/mol. The van der Waals surface area contributed by atoms with Gasteiger partial charge in [-0.1, -0.05) is 45.5 Å². The monoisotopic (exact) mass is 519 g/mol. The predicted octanol–water partition coefficient (Wildman–Crippen LogP) is 5.70. The molecule has 1 amide bonds. The van der Waals surface area contributed by atoms with Crippen LogP contribution < -0.4 is 4.90 Å². The fourth-order valence-electron chi connectivity index (χ4n) is 4.12. The SMILES string of the molecule is Cc1cc(C)c2nc(N3C(=O)C(=O)/C(=C(\O)c4ccncc4)C3c3ccc(Br)cc3)sc2c1. The first-order valence-electron chi connectivity index (χ1n) is 10.2. The van der Waals surface area contributed by atoms with Gasteiger partial charge in [-0.3, -0.25) is 19.5 Å². The fraction of sp³-hybridized carbons (Fsp3) is 0.120. The summed E-state index contributed by atoms with van der Waals surface area (Å²) in [6.07, 6.45) is 3.05. The van der Waals surface area contributed by atoms with Crippen LogP contribution in [-0.4, -0.2) is 26.8 Å². The standard InChI is InChI=1S/C25H18BrN3O3S/c1-13-11-14(2)20-18(12-13)33-25(28-20)29-21(15-3-5-17(26)6-4-15)19(23(31)24(29)32)22(30)16-7-9-27-10-8-16/h3-12,21,30H,1-2H3/b22-19-. The molecule has 8 heteroatoms. The van der Waals surface area contributed by atoms with E-state index in [4.69, 9.17) is 4.98 Å². The summed E-state index contributed by atoms with van der Waals surface area (Å²) in [5.74, 6) is -1.70. The van der Waals surface area contributed by atoms with Crippen LogP contribution >= 0.6 is 27.3 Å². The average Bonchev–Trinajstić information content (AvgIpc) is 3.33. The van der Waals surface area contributed by atoms with Crippen LogP contribution in [0, 0.1) is 13.8 Å². The second-order valence-corrected chi connectivity index (χ2v) is 9.81. The van der Waals surface area contributed by atoms with Crippen molar-refractivity contribution in [1.29, 1.82) is 0 Å². The molecule has 1 atom stereocenters. The number of ketones is 1. The zero-order valence-corrected chi connectivity index (χ0v) is 20.1. The minimum atomic E-state index is -0.812. The highest BCUT2D eigenvalue weighted by Gasteiger charge is 2.48. The summed E-state index contributed by atoms with van der Waals surface area (Å²) in [7, 11) is 0. The molecule has 2 aromatic carbocycles. The maximum Gasteiger partial charge on any atom is 0.301 e. The van der Waals surface area contributed by atoms with Crippen LogP contribution in [0.15, 0.2) is 71.0 Å². The lowest BCUT2D eigenvalue weighted by Gasteiger charge is -2.23. The summed E-state index contributed by atoms with van der Waals surface area (Å²) in [5, 5.41) is 11.5. The number of aliphatic hydroxyl groups excluding tert-OH is 1. The number of pyridine rings is 1. The van der Waals surface area contributed by atoms with E-state index in [1.54, 1.807) is 12.1 Å². The molecule has 0 bridgehead atoms. The van der Waals surface area contributed by atoms with E-state index < -0.39 is 17.7 Å². The van der Waals surface area contributed by atoms with Gasteiger partial charge in [0.2, 0.25) is 0 Å². The average molecular weight is 520 g/mol. The lowest BCUT2D eigenvalue weighted by molar-refractivity contribution is -0.132. The van der Waals surface area contributed by atoms with E-state index in [9.17, 15) is 14.7 Å². The maximum absolute atomic E-state index is 13.3. The highest BCUT2D eigenvalue weighted by molar-refractivity contribution is 9.10. The first-order valence-corrected chi connectivity index (χ1v) is 11.8. The molecule has 0 aliphatic carbocycles. The van der Waals surface area contributed by atoms with Crippen LogP contribution in [0.1, 0.15) is 28.3 Å². The van der Waals surface area contributed by atoms with Gasteiger partial charge in [-0.05, 0) is 60.9 Å². The van der Waals surface area contributed by atoms with Crippen molar-refractivity contribution < 1.29 is 14.7 Å². The van der Waals surface area contributed by atoms with Crippen molar-refractivity contribution in [2.24, 2.45) is 0 Å². The van der Waals surface area contributed by atoms with Crippen LogP contribution in [-0.2, 0) is 9.59 Å². The van der Waals surface area contributed by atoms with Crippen molar-refractivity contribution in [2.45, 2.75) is 19.9 Å². The minimum absolute atomic E-state index is 0.0284. The van der Waals surface area contributed by atoms with E-state index in [2.05, 4.69) is 20.9 Å². The number of hydrogen-bond acceptors (Lipinski definition) is 6. The lowest BCUT2D eigenvalue weighted by atomic mass is 9.96. The number of rotatable bonds is 3. The first-order chi connectivity index (χ1) is 15.8. The molecule has 0 spiro atoms. The van der Waals surface area contributed by atoms with Crippen LogP contribution in [0.25, 0.3) is 16.0 Å². The normalized spacial score (nSPS) is 17.8. The number of thiazole rings is 1. The highest BCUT2D eigenvalue weighted by atomic mass is 79.9. The van der Waals surface area contributed by atoms with Crippen LogP contribution in [0.2, 0.25) is 0 Å². The van der Waals surface area contributed by atoms with Gasteiger partial charge in [0.05, 0.1) is 21.8 Å². The lowest BCUT2D eigenvalue weighted by Crippen LogP contribution is -2.29. The Morgan fingerprint density at radius 3 is 2.45 bits per heavy atom. The molecule has 5 rings (SSSR count). The number of nitrogens with zero attached hydrogens (tertiary/aromatic N) is 3. The Kier molecular flexibility index (Phi) is 5.34. The molecule has 1 saturated heterocycles. The molecule has 1 unspecified atom stereocenters. The van der Waals surface area contributed by atoms with Crippen LogP contribution in [0.3, 0.4) is 0 Å². The summed E-state index contributed by atoms with van der Waals surface area (Å²) < 4.78 is 1.80. The van der Waals surface area contributed by atoms with Gasteiger partial charge >= 0.3 is 5.91 Å². The number of benzene rings is 2. The quantitative estimate of drug-likeness (QED) is 0.213. The maximum atomic E-state index is 13.3. The Morgan fingerprint density at radius 2 is 1.76 bits per heavy atom. The molecule has 1 aliphatic heterocycles. The van der Waals surface area contributed by atoms with Gasteiger partial charge in [0, 0.05) is 22.4 Å². The fourth-order valence-corrected chi connectivity index (χ4v) is 5.55. The Balaban J connectivity index is 1.75. The third-order valence-electron chi connectivity index (χ3n) is 5.61. The van der Waals surface area contributed by atoms with E-state index in [1.807, 2.05) is 50.2 Å². The molecule has 164 valence electrons. The predicted molar refractivity (Wildman–Crippen MR) is 132 cm³/mol. The number of fused-ring (bicyclic) bond motifs is 1. The minimum Gasteiger partial charge on any atom is -0.507 e. The largest absolute Gasteiger partial charge is 0.507 e. The Morgan fingerprint density at radius 1 is 1.06 bits per heavy atom. The molecular formula is C25H18BrN3O3S. The molecule has 3 heterocycles. The van der Waals surface area contributed by atoms with Gasteiger partial charge in [-0.15, -0.1) is 0 Å². The van der Waals surface area contributed by atoms with Crippen molar-refractivity contribution >= 4 is 60.1 Å². The van der Waals surface area contributed by atoms with Gasteiger partial charge in [0.1, 0.15) is 5.76 Å². The molecule has 1 fully saturated rings. The second kappa shape index (κ2) is 8.20. The second-order valence-electron chi connectivity index (χ2n) is 7.88. The van der Waals surface area contributed by atoms with Crippen molar-refractivity contribution in [3.05, 3.63) is 93.2 Å². The topological polar surface area (TPSA) is 83.4 Å². The molecule has 2 aromatic heterocycles. The number of aliphatic hydroxyl groups is 1. The van der Waals surface area contributed by atoms with E-state index in [0.717, 1.165) is 25.8 Å². The Hall–Kier alpha value is -3.36. The summed E-state index contributed by atoms with van der Waals surface area (Å²) in [5.41, 5.74) is 4.04. The van der Waals surface area contributed by atoms with Gasteiger partial charge < -0.3 is 5.11 Å². The Labute approximate surface area is 202 Å². The zero-order valence-electron chi connectivity index (χ0n) is 17.7. The molecule has 6 nitrogen and oxygen atoms in total. The van der Waals surface area contributed by atoms with Crippen molar-refractivity contribution in [3.63, 3.8) is 0 Å². The van der Waals surface area contributed by atoms with Crippen molar-refractivity contribution in [3.8, 4) is 0 Å². The summed E-state index contributed by atoms with van der Waals surface area (Å²) >= 11 is 4.79. The van der Waals surface area contributed by atoms with Crippen molar-refractivity contribution in [1.82, 2.24) is 9.97 Å². The zero-order chi connectivity index (χ0) is 23.3. The van der Waals surface area contributed by atoms with Crippen molar-refractivity contribution in [2.75, 3.05) is 4.90 Å². The molecule has 0 saturated carbocycles. The van der Waals surface area contributed by atoms with E-state index >= 15 is 0 Å². The van der Waals surface area contributed by atoms with E-state index in [1.165, 1.54) is 28.6 Å². The van der Waals surface area contributed by atoms with E-state index in [0.29, 0.717) is 16.3 Å². The number of carbonyl (C=O) groups excluding carboxylic acids is 2. The Bertz CT molecular complexity index is 1450. The van der Waals surface area contributed by atoms with Crippen LogP contribution in [0.5, 0.6) is 0 Å². The number of halogens is 1. The molecule has 1 aliphatic rings. The summed E-state index contributed by atoms with van der Waals surface area (Å²) in [6.45, 7) is 3.98. The number of hydrogen-bond donors (Lipinski definition) is 1. The number of anilines is 1. The van der Waals surface area contributed by atoms with Gasteiger partial charge in [0.25, 0.3) is 5.78 Å². The number of carbonyl (C=O) groups is 2. The number of aromatic nitrogens is 2. The summed E-state index contributed by atoms with van der Waals surface area (Å²) in [4.78, 5) is 36.6. The highest BCUT2D eigenvalue weighted by Crippen LogP contribution is 2.44. The van der Waals surface area contributed by atoms with Gasteiger partial charge in [-0.2, -0.15) is 0 Å². The first kappa shape index (κ1) is 21.5.